The second-order valence-corrected chi connectivity index (χ2v) is 5.69. The van der Waals surface area contributed by atoms with Crippen LogP contribution in [0.4, 0.5) is 4.39 Å². The van der Waals surface area contributed by atoms with Gasteiger partial charge in [-0.2, -0.15) is 5.10 Å². The molecule has 122 valence electrons. The van der Waals surface area contributed by atoms with Gasteiger partial charge in [0.25, 0.3) is 0 Å². The fraction of sp³-hybridized carbons (Fsp3) is 0.125. The molecule has 0 unspecified atom stereocenters. The minimum Gasteiger partial charge on any atom is -0.478 e. The summed E-state index contributed by atoms with van der Waals surface area (Å²) in [5.41, 5.74) is 0.416. The van der Waals surface area contributed by atoms with Gasteiger partial charge in [-0.1, -0.05) is 11.6 Å². The number of carbonyl (C=O) groups excluding carboxylic acids is 1. The van der Waals surface area contributed by atoms with Gasteiger partial charge in [0.1, 0.15) is 22.6 Å². The van der Waals surface area contributed by atoms with Crippen LogP contribution in [0.2, 0.25) is 5.02 Å². The van der Waals surface area contributed by atoms with Crippen LogP contribution < -0.4 is 0 Å². The molecular formula is C16H11ClFN3O3. The molecule has 0 aliphatic rings. The van der Waals surface area contributed by atoms with Crippen molar-refractivity contribution in [3.63, 3.8) is 0 Å². The van der Waals surface area contributed by atoms with Crippen LogP contribution in [0, 0.1) is 5.82 Å². The van der Waals surface area contributed by atoms with Gasteiger partial charge in [0.05, 0.1) is 11.6 Å². The number of benzene rings is 1. The van der Waals surface area contributed by atoms with E-state index in [1.807, 2.05) is 0 Å². The minimum atomic E-state index is -1.24. The number of aromatic carboxylic acids is 1. The Balaban J connectivity index is 2.02. The van der Waals surface area contributed by atoms with Crippen molar-refractivity contribution in [2.75, 3.05) is 0 Å². The number of carbonyl (C=O) groups is 2. The van der Waals surface area contributed by atoms with Gasteiger partial charge in [0.15, 0.2) is 5.78 Å². The van der Waals surface area contributed by atoms with Crippen LogP contribution in [0.1, 0.15) is 33.3 Å². The van der Waals surface area contributed by atoms with Crippen molar-refractivity contribution in [3.8, 4) is 0 Å². The van der Waals surface area contributed by atoms with Gasteiger partial charge < -0.3 is 5.11 Å². The molecule has 3 aromatic rings. The van der Waals surface area contributed by atoms with Crippen LogP contribution >= 0.6 is 11.6 Å². The number of nitrogens with zero attached hydrogens (tertiary/aromatic N) is 3. The third kappa shape index (κ3) is 2.98. The normalized spacial score (nSPS) is 11.0. The Morgan fingerprint density at radius 3 is 2.71 bits per heavy atom. The number of carboxylic acids is 1. The predicted octanol–water partition coefficient (Wildman–Crippen LogP) is 3.17. The number of fused-ring (bicyclic) bond motifs is 1. The SMILES string of the molecule is CC(=O)c1nn(Cc2cc(F)c3ncc(Cl)cc3c2)cc1C(=O)O. The number of Topliss-reactive ketones (excluding diaryl/α,β-unsaturated/α-hetero) is 1. The smallest absolute Gasteiger partial charge is 0.339 e. The molecule has 2 heterocycles. The van der Waals surface area contributed by atoms with E-state index in [1.165, 1.54) is 30.1 Å². The molecule has 0 spiro atoms. The summed E-state index contributed by atoms with van der Waals surface area (Å²) in [5, 5.41) is 14.0. The second-order valence-electron chi connectivity index (χ2n) is 5.25. The number of ketones is 1. The highest BCUT2D eigenvalue weighted by Crippen LogP contribution is 2.22. The first kappa shape index (κ1) is 16.1. The number of halogens is 2. The molecule has 8 heteroatoms. The van der Waals surface area contributed by atoms with Gasteiger partial charge in [-0.25, -0.2) is 9.18 Å². The van der Waals surface area contributed by atoms with Gasteiger partial charge in [0.2, 0.25) is 0 Å². The first-order chi connectivity index (χ1) is 11.3. The summed E-state index contributed by atoms with van der Waals surface area (Å²) in [5.74, 6) is -2.21. The van der Waals surface area contributed by atoms with E-state index in [-0.39, 0.29) is 23.3 Å². The summed E-state index contributed by atoms with van der Waals surface area (Å²) in [4.78, 5) is 26.6. The van der Waals surface area contributed by atoms with Crippen LogP contribution in [-0.4, -0.2) is 31.6 Å². The van der Waals surface area contributed by atoms with Crippen LogP contribution in [0.15, 0.2) is 30.6 Å². The van der Waals surface area contributed by atoms with E-state index in [0.717, 1.165) is 0 Å². The third-order valence-electron chi connectivity index (χ3n) is 3.43. The summed E-state index contributed by atoms with van der Waals surface area (Å²) < 4.78 is 15.4. The van der Waals surface area contributed by atoms with Gasteiger partial charge in [-0.15, -0.1) is 0 Å². The summed E-state index contributed by atoms with van der Waals surface area (Å²) >= 11 is 5.87. The van der Waals surface area contributed by atoms with Crippen molar-refractivity contribution in [2.45, 2.75) is 13.5 Å². The average molecular weight is 348 g/mol. The first-order valence-corrected chi connectivity index (χ1v) is 7.28. The van der Waals surface area contributed by atoms with Crippen LogP contribution in [0.3, 0.4) is 0 Å². The molecule has 0 aliphatic carbocycles. The highest BCUT2D eigenvalue weighted by Gasteiger charge is 2.19. The number of hydrogen-bond donors (Lipinski definition) is 1. The molecule has 0 fully saturated rings. The van der Waals surface area contributed by atoms with E-state index < -0.39 is 17.6 Å². The van der Waals surface area contributed by atoms with Crippen molar-refractivity contribution in [3.05, 3.63) is 58.3 Å². The quantitative estimate of drug-likeness (QED) is 0.733. The topological polar surface area (TPSA) is 85.1 Å². The number of aromatic nitrogens is 3. The molecule has 3 rings (SSSR count). The molecule has 0 atom stereocenters. The van der Waals surface area contributed by atoms with Crippen molar-refractivity contribution < 1.29 is 19.1 Å². The van der Waals surface area contributed by atoms with Crippen molar-refractivity contribution in [2.24, 2.45) is 0 Å². The molecule has 0 bridgehead atoms. The Morgan fingerprint density at radius 1 is 1.33 bits per heavy atom. The average Bonchev–Trinajstić information content (AvgIpc) is 2.91. The molecule has 0 radical (unpaired) electrons. The van der Waals surface area contributed by atoms with E-state index in [1.54, 1.807) is 12.1 Å². The van der Waals surface area contributed by atoms with E-state index in [2.05, 4.69) is 10.1 Å². The second kappa shape index (κ2) is 6.01. The summed E-state index contributed by atoms with van der Waals surface area (Å²) in [6.07, 6.45) is 2.61. The van der Waals surface area contributed by atoms with Gasteiger partial charge in [-0.3, -0.25) is 14.5 Å². The molecule has 2 aromatic heterocycles. The lowest BCUT2D eigenvalue weighted by molar-refractivity contribution is 0.0692. The summed E-state index contributed by atoms with van der Waals surface area (Å²) in [7, 11) is 0. The number of rotatable bonds is 4. The third-order valence-corrected chi connectivity index (χ3v) is 3.64. The fourth-order valence-electron chi connectivity index (χ4n) is 2.43. The lowest BCUT2D eigenvalue weighted by Gasteiger charge is -2.05. The maximum Gasteiger partial charge on any atom is 0.339 e. The van der Waals surface area contributed by atoms with Gasteiger partial charge >= 0.3 is 5.97 Å². The Bertz CT molecular complexity index is 953. The fourth-order valence-corrected chi connectivity index (χ4v) is 2.60. The Morgan fingerprint density at radius 2 is 2.08 bits per heavy atom. The van der Waals surface area contributed by atoms with Crippen LogP contribution in [-0.2, 0) is 6.54 Å². The molecule has 0 saturated carbocycles. The zero-order valence-corrected chi connectivity index (χ0v) is 13.2. The minimum absolute atomic E-state index is 0.104. The largest absolute Gasteiger partial charge is 0.478 e. The Kier molecular flexibility index (Phi) is 4.02. The standard InChI is InChI=1S/C16H11ClFN3O3/c1-8(22)14-12(16(23)24)7-21(20-14)6-9-2-10-4-11(17)5-19-15(10)13(18)3-9/h2-5,7H,6H2,1H3,(H,23,24). The predicted molar refractivity (Wildman–Crippen MR) is 85.0 cm³/mol. The van der Waals surface area contributed by atoms with E-state index in [9.17, 15) is 14.0 Å². The molecule has 0 aliphatic heterocycles. The van der Waals surface area contributed by atoms with Gasteiger partial charge in [-0.05, 0) is 23.8 Å². The zero-order valence-electron chi connectivity index (χ0n) is 12.5. The highest BCUT2D eigenvalue weighted by atomic mass is 35.5. The van der Waals surface area contributed by atoms with E-state index >= 15 is 0 Å². The monoisotopic (exact) mass is 347 g/mol. The molecule has 6 nitrogen and oxygen atoms in total. The Labute approximate surface area is 140 Å². The van der Waals surface area contributed by atoms with Crippen LogP contribution in [0.5, 0.6) is 0 Å². The maximum atomic E-state index is 14.1. The molecule has 24 heavy (non-hydrogen) atoms. The van der Waals surface area contributed by atoms with Crippen molar-refractivity contribution in [1.82, 2.24) is 14.8 Å². The molecule has 0 saturated heterocycles. The maximum absolute atomic E-state index is 14.1. The molecule has 1 N–H and O–H groups in total. The molecular weight excluding hydrogens is 337 g/mol. The lowest BCUT2D eigenvalue weighted by atomic mass is 10.1. The van der Waals surface area contributed by atoms with E-state index in [0.29, 0.717) is 16.0 Å². The van der Waals surface area contributed by atoms with Crippen LogP contribution in [0.25, 0.3) is 10.9 Å². The van der Waals surface area contributed by atoms with E-state index in [4.69, 9.17) is 16.7 Å². The molecule has 1 aromatic carbocycles. The first-order valence-electron chi connectivity index (χ1n) is 6.90. The summed E-state index contributed by atoms with van der Waals surface area (Å²) in [6, 6.07) is 4.56. The lowest BCUT2D eigenvalue weighted by Crippen LogP contribution is -2.04. The number of pyridine rings is 1. The number of carboxylic acid groups (broad SMARTS) is 1. The number of hydrogen-bond acceptors (Lipinski definition) is 4. The zero-order chi connectivity index (χ0) is 17.4. The summed E-state index contributed by atoms with van der Waals surface area (Å²) in [6.45, 7) is 1.34. The van der Waals surface area contributed by atoms with Crippen molar-refractivity contribution in [1.29, 1.82) is 0 Å². The van der Waals surface area contributed by atoms with Gasteiger partial charge in [0, 0.05) is 24.7 Å². The molecule has 0 amide bonds. The highest BCUT2D eigenvalue weighted by molar-refractivity contribution is 6.31. The van der Waals surface area contributed by atoms with Crippen molar-refractivity contribution >= 4 is 34.3 Å². The Hall–Kier alpha value is -2.80.